The number of nitrogens with one attached hydrogen (secondary N) is 1. The quantitative estimate of drug-likeness (QED) is 0.714. The summed E-state index contributed by atoms with van der Waals surface area (Å²) in [5, 5.41) is 11.1. The van der Waals surface area contributed by atoms with Gasteiger partial charge in [0.15, 0.2) is 15.7 Å². The summed E-state index contributed by atoms with van der Waals surface area (Å²) in [7, 11) is -2.99. The molecule has 3 rings (SSSR count). The summed E-state index contributed by atoms with van der Waals surface area (Å²) >= 11 is 0. The van der Waals surface area contributed by atoms with Crippen LogP contribution in [0.25, 0.3) is 5.78 Å². The van der Waals surface area contributed by atoms with Crippen LogP contribution >= 0.6 is 0 Å². The van der Waals surface area contributed by atoms with Crippen LogP contribution in [0.5, 0.6) is 0 Å². The first-order valence-corrected chi connectivity index (χ1v) is 7.07. The van der Waals surface area contributed by atoms with Gasteiger partial charge in [0, 0.05) is 18.9 Å². The van der Waals surface area contributed by atoms with E-state index in [1.54, 1.807) is 22.9 Å². The molecule has 17 heavy (non-hydrogen) atoms. The Labute approximate surface area is 97.8 Å². The van der Waals surface area contributed by atoms with Crippen LogP contribution in [0.4, 0.5) is 0 Å². The Morgan fingerprint density at radius 3 is 3.12 bits per heavy atom. The van der Waals surface area contributed by atoms with Gasteiger partial charge in [-0.1, -0.05) is 0 Å². The van der Waals surface area contributed by atoms with Crippen LogP contribution in [0.1, 0.15) is 11.9 Å². The monoisotopic (exact) mass is 253 g/mol. The molecule has 0 amide bonds. The number of rotatable bonds is 1. The summed E-state index contributed by atoms with van der Waals surface area (Å²) in [5.41, 5.74) is 0. The van der Waals surface area contributed by atoms with Gasteiger partial charge in [-0.3, -0.25) is 4.40 Å². The third-order valence-corrected chi connectivity index (χ3v) is 4.42. The zero-order valence-electron chi connectivity index (χ0n) is 8.94. The highest BCUT2D eigenvalue weighted by atomic mass is 32.2. The molecule has 0 radical (unpaired) electrons. The second-order valence-corrected chi connectivity index (χ2v) is 6.20. The minimum Gasteiger partial charge on any atom is -0.305 e. The third-order valence-electron chi connectivity index (χ3n) is 2.75. The lowest BCUT2D eigenvalue weighted by Crippen LogP contribution is -2.40. The number of hydrogen-bond acceptors (Lipinski definition) is 6. The molecule has 1 unspecified atom stereocenters. The number of fused-ring (bicyclic) bond motifs is 1. The van der Waals surface area contributed by atoms with Crippen LogP contribution in [-0.2, 0) is 9.84 Å². The van der Waals surface area contributed by atoms with Crippen molar-refractivity contribution in [2.24, 2.45) is 0 Å². The molecule has 1 fully saturated rings. The zero-order valence-corrected chi connectivity index (χ0v) is 9.76. The van der Waals surface area contributed by atoms with Gasteiger partial charge in [-0.15, -0.1) is 10.2 Å². The maximum atomic E-state index is 11.6. The lowest BCUT2D eigenvalue weighted by molar-refractivity contribution is 0.512. The van der Waals surface area contributed by atoms with Crippen LogP contribution in [0, 0.1) is 0 Å². The third kappa shape index (κ3) is 1.89. The first kappa shape index (κ1) is 10.6. The van der Waals surface area contributed by atoms with Crippen LogP contribution in [0.15, 0.2) is 18.5 Å². The number of hydrogen-bond donors (Lipinski definition) is 1. The first-order valence-electron chi connectivity index (χ1n) is 5.25. The topological polar surface area (TPSA) is 89.2 Å². The molecule has 1 saturated heterocycles. The van der Waals surface area contributed by atoms with Gasteiger partial charge in [0.25, 0.3) is 5.78 Å². The highest BCUT2D eigenvalue weighted by Gasteiger charge is 2.28. The number of nitrogens with zero attached hydrogens (tertiary/aromatic N) is 4. The van der Waals surface area contributed by atoms with Crippen molar-refractivity contribution >= 4 is 15.6 Å². The molecule has 0 saturated carbocycles. The van der Waals surface area contributed by atoms with E-state index >= 15 is 0 Å². The molecule has 1 aliphatic rings. The van der Waals surface area contributed by atoms with E-state index in [-0.39, 0.29) is 17.5 Å². The Balaban J connectivity index is 2.04. The summed E-state index contributed by atoms with van der Waals surface area (Å²) in [6, 6.07) is 1.45. The predicted molar refractivity (Wildman–Crippen MR) is 60.2 cm³/mol. The molecule has 8 heteroatoms. The Morgan fingerprint density at radius 2 is 2.29 bits per heavy atom. The van der Waals surface area contributed by atoms with Gasteiger partial charge in [0.1, 0.15) is 0 Å². The average molecular weight is 253 g/mol. The van der Waals surface area contributed by atoms with E-state index in [9.17, 15) is 8.42 Å². The standard InChI is InChI=1S/C9H11N5O2S/c15-17(16)5-3-10-7(6-17)8-12-13-9-11-2-1-4-14(8)9/h1-2,4,7,10H,3,5-6H2. The average Bonchev–Trinajstić information content (AvgIpc) is 2.71. The van der Waals surface area contributed by atoms with Crippen molar-refractivity contribution in [3.05, 3.63) is 24.3 Å². The number of sulfone groups is 1. The van der Waals surface area contributed by atoms with E-state index in [2.05, 4.69) is 20.5 Å². The van der Waals surface area contributed by atoms with E-state index in [1.807, 2.05) is 0 Å². The fourth-order valence-electron chi connectivity index (χ4n) is 1.95. The second kappa shape index (κ2) is 3.74. The predicted octanol–water partition coefficient (Wildman–Crippen LogP) is -0.817. The van der Waals surface area contributed by atoms with Gasteiger partial charge in [-0.2, -0.15) is 0 Å². The summed E-state index contributed by atoms with van der Waals surface area (Å²) < 4.78 is 24.9. The first-order chi connectivity index (χ1) is 8.16. The largest absolute Gasteiger partial charge is 0.305 e. The van der Waals surface area contributed by atoms with Crippen LogP contribution < -0.4 is 5.32 Å². The maximum Gasteiger partial charge on any atom is 0.254 e. The molecule has 0 aliphatic carbocycles. The fourth-order valence-corrected chi connectivity index (χ4v) is 3.32. The fraction of sp³-hybridized carbons (Fsp3) is 0.444. The van der Waals surface area contributed by atoms with E-state index in [4.69, 9.17) is 0 Å². The SMILES string of the molecule is O=S1(=O)CCNC(c2nnc3ncccn23)C1. The molecule has 3 heterocycles. The minimum absolute atomic E-state index is 0.0582. The molecule has 90 valence electrons. The summed E-state index contributed by atoms with van der Waals surface area (Å²) in [6.45, 7) is 0.447. The molecular formula is C9H11N5O2S. The van der Waals surface area contributed by atoms with Crippen LogP contribution in [-0.4, -0.2) is 46.1 Å². The maximum absolute atomic E-state index is 11.6. The smallest absolute Gasteiger partial charge is 0.254 e. The van der Waals surface area contributed by atoms with Crippen molar-refractivity contribution < 1.29 is 8.42 Å². The lowest BCUT2D eigenvalue weighted by Gasteiger charge is -2.21. The molecule has 1 aliphatic heterocycles. The summed E-state index contributed by atoms with van der Waals surface area (Å²) in [6.07, 6.45) is 3.40. The molecule has 0 aromatic carbocycles. The number of aromatic nitrogens is 4. The normalized spacial score (nSPS) is 23.9. The molecule has 1 atom stereocenters. The van der Waals surface area contributed by atoms with E-state index in [1.165, 1.54) is 0 Å². The van der Waals surface area contributed by atoms with Gasteiger partial charge in [0.2, 0.25) is 0 Å². The highest BCUT2D eigenvalue weighted by molar-refractivity contribution is 7.91. The summed E-state index contributed by atoms with van der Waals surface area (Å²) in [5.74, 6) is 1.31. The van der Waals surface area contributed by atoms with Crippen molar-refractivity contribution in [2.45, 2.75) is 6.04 Å². The van der Waals surface area contributed by atoms with Crippen molar-refractivity contribution in [1.82, 2.24) is 24.9 Å². The molecular weight excluding hydrogens is 242 g/mol. The molecule has 1 N–H and O–H groups in total. The Hall–Kier alpha value is -1.54. The van der Waals surface area contributed by atoms with Crippen molar-refractivity contribution in [1.29, 1.82) is 0 Å². The van der Waals surface area contributed by atoms with Gasteiger partial charge in [-0.25, -0.2) is 13.4 Å². The van der Waals surface area contributed by atoms with Gasteiger partial charge >= 0.3 is 0 Å². The van der Waals surface area contributed by atoms with E-state index in [0.29, 0.717) is 18.1 Å². The Morgan fingerprint density at radius 1 is 1.41 bits per heavy atom. The Kier molecular flexibility index (Phi) is 2.33. The van der Waals surface area contributed by atoms with Crippen LogP contribution in [0.2, 0.25) is 0 Å². The van der Waals surface area contributed by atoms with E-state index < -0.39 is 9.84 Å². The highest BCUT2D eigenvalue weighted by Crippen LogP contribution is 2.16. The van der Waals surface area contributed by atoms with Gasteiger partial charge < -0.3 is 5.32 Å². The van der Waals surface area contributed by atoms with Crippen molar-refractivity contribution in [3.8, 4) is 0 Å². The van der Waals surface area contributed by atoms with Gasteiger partial charge in [0.05, 0.1) is 17.5 Å². The molecule has 2 aromatic heterocycles. The molecule has 0 spiro atoms. The zero-order chi connectivity index (χ0) is 11.9. The molecule has 7 nitrogen and oxygen atoms in total. The van der Waals surface area contributed by atoms with Crippen molar-refractivity contribution in [2.75, 3.05) is 18.1 Å². The Bertz CT molecular complexity index is 650. The van der Waals surface area contributed by atoms with Gasteiger partial charge in [-0.05, 0) is 6.07 Å². The lowest BCUT2D eigenvalue weighted by atomic mass is 10.3. The molecule has 0 bridgehead atoms. The van der Waals surface area contributed by atoms with E-state index in [0.717, 1.165) is 0 Å². The minimum atomic E-state index is -2.99. The molecule has 2 aromatic rings. The second-order valence-electron chi connectivity index (χ2n) is 3.97. The van der Waals surface area contributed by atoms with Crippen LogP contribution in [0.3, 0.4) is 0 Å². The summed E-state index contributed by atoms with van der Waals surface area (Å²) in [4.78, 5) is 4.05. The van der Waals surface area contributed by atoms with Crippen molar-refractivity contribution in [3.63, 3.8) is 0 Å².